The minimum atomic E-state index is -1.69. The first-order chi connectivity index (χ1) is 9.49. The summed E-state index contributed by atoms with van der Waals surface area (Å²) in [4.78, 5) is 21.5. The van der Waals surface area contributed by atoms with Gasteiger partial charge in [0.2, 0.25) is 0 Å². The van der Waals surface area contributed by atoms with E-state index in [2.05, 4.69) is 4.74 Å². The Morgan fingerprint density at radius 2 is 1.80 bits per heavy atom. The Morgan fingerprint density at radius 1 is 1.15 bits per heavy atom. The van der Waals surface area contributed by atoms with E-state index < -0.39 is 18.4 Å². The van der Waals surface area contributed by atoms with Crippen LogP contribution in [0.2, 0.25) is 0 Å². The second kappa shape index (κ2) is 8.29. The van der Waals surface area contributed by atoms with Crippen molar-refractivity contribution < 1.29 is 28.9 Å². The van der Waals surface area contributed by atoms with Crippen molar-refractivity contribution in [3.8, 4) is 0 Å². The third-order valence-electron chi connectivity index (χ3n) is 2.17. The fourth-order valence-electron chi connectivity index (χ4n) is 1.26. The van der Waals surface area contributed by atoms with Crippen LogP contribution >= 0.6 is 0 Å². The summed E-state index contributed by atoms with van der Waals surface area (Å²) in [6.45, 7) is 2.92. The van der Waals surface area contributed by atoms with Gasteiger partial charge in [0.1, 0.15) is 0 Å². The van der Waals surface area contributed by atoms with Gasteiger partial charge >= 0.3 is 18.4 Å². The van der Waals surface area contributed by atoms with E-state index >= 15 is 0 Å². The Labute approximate surface area is 117 Å². The summed E-state index contributed by atoms with van der Waals surface area (Å²) >= 11 is 0. The van der Waals surface area contributed by atoms with Crippen molar-refractivity contribution in [1.29, 1.82) is 0 Å². The molecule has 0 aliphatic heterocycles. The van der Waals surface area contributed by atoms with Gasteiger partial charge in [0.15, 0.2) is 0 Å². The monoisotopic (exact) mass is 282 g/mol. The third-order valence-corrected chi connectivity index (χ3v) is 2.17. The van der Waals surface area contributed by atoms with E-state index in [1.165, 1.54) is 0 Å². The lowest BCUT2D eigenvalue weighted by Gasteiger charge is -2.18. The van der Waals surface area contributed by atoms with Crippen molar-refractivity contribution in [2.75, 3.05) is 6.61 Å². The lowest BCUT2D eigenvalue weighted by molar-refractivity contribution is -0.282. The highest BCUT2D eigenvalue weighted by Gasteiger charge is 2.21. The van der Waals surface area contributed by atoms with Crippen LogP contribution in [0.1, 0.15) is 19.4 Å². The van der Waals surface area contributed by atoms with Crippen molar-refractivity contribution in [1.82, 2.24) is 0 Å². The number of carboxylic acids is 1. The maximum absolute atomic E-state index is 11.0. The summed E-state index contributed by atoms with van der Waals surface area (Å²) in [5, 5.41) is 8.51. The first-order valence-electron chi connectivity index (χ1n) is 6.20. The first kappa shape index (κ1) is 16.1. The van der Waals surface area contributed by atoms with Gasteiger partial charge in [-0.15, -0.1) is 0 Å². The van der Waals surface area contributed by atoms with Crippen molar-refractivity contribution in [2.24, 2.45) is 5.92 Å². The molecule has 0 radical (unpaired) electrons. The third kappa shape index (κ3) is 6.31. The van der Waals surface area contributed by atoms with Gasteiger partial charge in [-0.1, -0.05) is 44.2 Å². The van der Waals surface area contributed by atoms with E-state index in [1.807, 2.05) is 44.2 Å². The molecule has 6 heteroatoms. The van der Waals surface area contributed by atoms with Gasteiger partial charge in [0.05, 0.1) is 13.2 Å². The summed E-state index contributed by atoms with van der Waals surface area (Å²) in [5.74, 6) is -2.90. The van der Waals surface area contributed by atoms with Crippen LogP contribution < -0.4 is 0 Å². The largest absolute Gasteiger partial charge is 0.473 e. The summed E-state index contributed by atoms with van der Waals surface area (Å²) in [5.41, 5.74) is 0.858. The molecule has 0 fully saturated rings. The van der Waals surface area contributed by atoms with Gasteiger partial charge in [-0.05, 0) is 11.5 Å². The number of rotatable bonds is 7. The predicted molar refractivity (Wildman–Crippen MR) is 69.5 cm³/mol. The normalized spacial score (nSPS) is 12.2. The molecule has 0 aliphatic carbocycles. The maximum Gasteiger partial charge on any atom is 0.421 e. The van der Waals surface area contributed by atoms with Gasteiger partial charge in [0, 0.05) is 0 Å². The fraction of sp³-hybridized carbons (Fsp3) is 0.429. The molecule has 0 bridgehead atoms. The number of carbonyl (C=O) groups is 2. The van der Waals surface area contributed by atoms with Crippen molar-refractivity contribution in [3.63, 3.8) is 0 Å². The Bertz CT molecular complexity index is 429. The van der Waals surface area contributed by atoms with Crippen LogP contribution in [0.4, 0.5) is 0 Å². The van der Waals surface area contributed by atoms with E-state index in [-0.39, 0.29) is 19.1 Å². The van der Waals surface area contributed by atoms with Crippen molar-refractivity contribution in [3.05, 3.63) is 35.9 Å². The zero-order valence-electron chi connectivity index (χ0n) is 11.4. The summed E-state index contributed by atoms with van der Waals surface area (Å²) in [7, 11) is 0. The number of ether oxygens (including phenoxy) is 3. The highest BCUT2D eigenvalue weighted by Crippen LogP contribution is 2.07. The molecule has 0 saturated heterocycles. The lowest BCUT2D eigenvalue weighted by atomic mass is 10.2. The van der Waals surface area contributed by atoms with E-state index in [4.69, 9.17) is 14.6 Å². The SMILES string of the molecule is CC(C)COC(OCc1ccccc1)OC(=O)C(=O)O. The van der Waals surface area contributed by atoms with Crippen LogP contribution in [-0.2, 0) is 30.4 Å². The van der Waals surface area contributed by atoms with Crippen LogP contribution in [-0.4, -0.2) is 30.1 Å². The second-order valence-electron chi connectivity index (χ2n) is 4.52. The molecule has 0 saturated carbocycles. The number of carboxylic acid groups (broad SMARTS) is 1. The van der Waals surface area contributed by atoms with Crippen molar-refractivity contribution in [2.45, 2.75) is 26.9 Å². The van der Waals surface area contributed by atoms with E-state index in [0.29, 0.717) is 0 Å². The fourth-order valence-corrected chi connectivity index (χ4v) is 1.26. The van der Waals surface area contributed by atoms with Crippen LogP contribution in [0.25, 0.3) is 0 Å². The summed E-state index contributed by atoms with van der Waals surface area (Å²) < 4.78 is 15.1. The number of hydrogen-bond donors (Lipinski definition) is 1. The molecular formula is C14H18O6. The average molecular weight is 282 g/mol. The number of esters is 1. The van der Waals surface area contributed by atoms with Crippen LogP contribution in [0, 0.1) is 5.92 Å². The van der Waals surface area contributed by atoms with E-state index in [0.717, 1.165) is 5.56 Å². The lowest BCUT2D eigenvalue weighted by Crippen LogP contribution is -2.29. The molecule has 0 spiro atoms. The molecule has 1 atom stereocenters. The first-order valence-corrected chi connectivity index (χ1v) is 6.20. The van der Waals surface area contributed by atoms with Crippen LogP contribution in [0.3, 0.4) is 0 Å². The standard InChI is InChI=1S/C14H18O6/c1-10(2)8-18-14(20-13(17)12(15)16)19-9-11-6-4-3-5-7-11/h3-7,10,14H,8-9H2,1-2H3,(H,15,16). The number of carbonyl (C=O) groups excluding carboxylic acids is 1. The van der Waals surface area contributed by atoms with Gasteiger partial charge < -0.3 is 19.3 Å². The zero-order valence-corrected chi connectivity index (χ0v) is 11.4. The zero-order chi connectivity index (χ0) is 15.0. The molecule has 1 unspecified atom stereocenters. The van der Waals surface area contributed by atoms with Gasteiger partial charge in [-0.3, -0.25) is 0 Å². The molecule has 20 heavy (non-hydrogen) atoms. The maximum atomic E-state index is 11.0. The van der Waals surface area contributed by atoms with E-state index in [9.17, 15) is 9.59 Å². The molecule has 0 aliphatic rings. The Morgan fingerprint density at radius 3 is 2.35 bits per heavy atom. The number of benzene rings is 1. The molecule has 6 nitrogen and oxygen atoms in total. The second-order valence-corrected chi connectivity index (χ2v) is 4.52. The highest BCUT2D eigenvalue weighted by molar-refractivity contribution is 6.28. The molecular weight excluding hydrogens is 264 g/mol. The van der Waals surface area contributed by atoms with Crippen LogP contribution in [0.15, 0.2) is 30.3 Å². The molecule has 1 aromatic carbocycles. The van der Waals surface area contributed by atoms with Crippen molar-refractivity contribution >= 4 is 11.9 Å². The molecule has 0 heterocycles. The predicted octanol–water partition coefficient (Wildman–Crippen LogP) is 1.79. The Balaban J connectivity index is 2.53. The van der Waals surface area contributed by atoms with E-state index in [1.54, 1.807) is 0 Å². The average Bonchev–Trinajstić information content (AvgIpc) is 2.42. The number of aliphatic carboxylic acids is 1. The molecule has 1 rings (SSSR count). The molecule has 0 aromatic heterocycles. The smallest absolute Gasteiger partial charge is 0.421 e. The molecule has 110 valence electrons. The molecule has 1 N–H and O–H groups in total. The van der Waals surface area contributed by atoms with Crippen LogP contribution in [0.5, 0.6) is 0 Å². The van der Waals surface area contributed by atoms with Gasteiger partial charge in [0.25, 0.3) is 0 Å². The van der Waals surface area contributed by atoms with Gasteiger partial charge in [-0.25, -0.2) is 9.59 Å². The highest BCUT2D eigenvalue weighted by atomic mass is 16.9. The Hall–Kier alpha value is -1.92. The summed E-state index contributed by atoms with van der Waals surface area (Å²) in [6.07, 6.45) is 0. The quantitative estimate of drug-likeness (QED) is 0.466. The molecule has 1 aromatic rings. The molecule has 0 amide bonds. The Kier molecular flexibility index (Phi) is 6.69. The number of hydrogen-bond acceptors (Lipinski definition) is 5. The minimum Gasteiger partial charge on any atom is -0.473 e. The summed E-state index contributed by atoms with van der Waals surface area (Å²) in [6, 6.07) is 9.20. The van der Waals surface area contributed by atoms with Gasteiger partial charge in [-0.2, -0.15) is 0 Å². The topological polar surface area (TPSA) is 82.1 Å². The minimum absolute atomic E-state index is 0.149.